The lowest BCUT2D eigenvalue weighted by atomic mass is 9.85. The van der Waals surface area contributed by atoms with E-state index >= 15 is 0 Å². The molecule has 3 aromatic rings. The van der Waals surface area contributed by atoms with Crippen LogP contribution in [-0.2, 0) is 4.79 Å². The third-order valence-corrected chi connectivity index (χ3v) is 5.35. The van der Waals surface area contributed by atoms with E-state index in [-0.39, 0.29) is 18.5 Å². The van der Waals surface area contributed by atoms with Crippen LogP contribution in [-0.4, -0.2) is 40.1 Å². The zero-order valence-electron chi connectivity index (χ0n) is 16.3. The first-order chi connectivity index (χ1) is 14.1. The molecule has 8 heteroatoms. The molecule has 152 valence electrons. The molecule has 1 fully saturated rings. The van der Waals surface area contributed by atoms with Gasteiger partial charge >= 0.3 is 0 Å². The summed E-state index contributed by atoms with van der Waals surface area (Å²) in [5.41, 5.74) is 1.59. The monoisotopic (exact) mass is 397 g/mol. The summed E-state index contributed by atoms with van der Waals surface area (Å²) < 4.78 is 17.9. The first kappa shape index (κ1) is 19.4. The predicted molar refractivity (Wildman–Crippen MR) is 108 cm³/mol. The molecule has 0 bridgehead atoms. The number of aromatic nitrogens is 3. The van der Waals surface area contributed by atoms with Crippen molar-refractivity contribution in [1.29, 1.82) is 0 Å². The van der Waals surface area contributed by atoms with Crippen molar-refractivity contribution in [2.45, 2.75) is 38.6 Å². The Kier molecular flexibility index (Phi) is 5.80. The van der Waals surface area contributed by atoms with Gasteiger partial charge in [0.15, 0.2) is 11.7 Å². The van der Waals surface area contributed by atoms with E-state index in [1.807, 2.05) is 18.2 Å². The Bertz CT molecular complexity index is 998. The summed E-state index contributed by atoms with van der Waals surface area (Å²) >= 11 is 0. The van der Waals surface area contributed by atoms with Crippen LogP contribution in [0.15, 0.2) is 35.0 Å². The van der Waals surface area contributed by atoms with E-state index in [2.05, 4.69) is 25.6 Å². The van der Waals surface area contributed by atoms with Crippen LogP contribution >= 0.6 is 0 Å². The van der Waals surface area contributed by atoms with Crippen molar-refractivity contribution in [2.24, 2.45) is 5.92 Å². The van der Waals surface area contributed by atoms with Crippen LogP contribution in [0, 0.1) is 12.8 Å². The van der Waals surface area contributed by atoms with Gasteiger partial charge in [-0.3, -0.25) is 10.1 Å². The van der Waals surface area contributed by atoms with E-state index in [1.165, 1.54) is 0 Å². The van der Waals surface area contributed by atoms with Crippen molar-refractivity contribution < 1.29 is 13.6 Å². The number of hydrogen-bond donors (Lipinski definition) is 2. The largest absolute Gasteiger partial charge is 0.441 e. The number of benzene rings is 1. The number of alkyl halides is 1. The van der Waals surface area contributed by atoms with Crippen molar-refractivity contribution >= 4 is 22.8 Å². The fourth-order valence-corrected chi connectivity index (χ4v) is 3.76. The van der Waals surface area contributed by atoms with Gasteiger partial charge in [-0.2, -0.15) is 0 Å². The lowest BCUT2D eigenvalue weighted by molar-refractivity contribution is -0.120. The second-order valence-corrected chi connectivity index (χ2v) is 7.39. The number of amides is 1. The fourth-order valence-electron chi connectivity index (χ4n) is 3.76. The molecule has 1 aromatic carbocycles. The van der Waals surface area contributed by atoms with E-state index in [1.54, 1.807) is 19.3 Å². The van der Waals surface area contributed by atoms with Gasteiger partial charge in [-0.05, 0) is 31.7 Å². The fraction of sp³-hybridized carbons (Fsp3) is 0.429. The van der Waals surface area contributed by atoms with Crippen LogP contribution < -0.4 is 10.6 Å². The Morgan fingerprint density at radius 1 is 1.21 bits per heavy atom. The van der Waals surface area contributed by atoms with Gasteiger partial charge in [0.1, 0.15) is 6.67 Å². The highest BCUT2D eigenvalue weighted by Gasteiger charge is 2.26. The summed E-state index contributed by atoms with van der Waals surface area (Å²) in [5.74, 6) is 1.44. The average molecular weight is 397 g/mol. The lowest BCUT2D eigenvalue weighted by Gasteiger charge is -2.28. The van der Waals surface area contributed by atoms with E-state index < -0.39 is 0 Å². The number of carbonyl (C=O) groups excluding carboxylic acids is 1. The molecule has 0 radical (unpaired) electrons. The van der Waals surface area contributed by atoms with Crippen molar-refractivity contribution in [3.8, 4) is 11.3 Å². The van der Waals surface area contributed by atoms with Crippen LogP contribution in [0.3, 0.4) is 0 Å². The van der Waals surface area contributed by atoms with Gasteiger partial charge in [0.05, 0.1) is 11.7 Å². The summed E-state index contributed by atoms with van der Waals surface area (Å²) in [6, 6.07) is 6.04. The molecule has 1 amide bonds. The van der Waals surface area contributed by atoms with Crippen LogP contribution in [0.4, 0.5) is 10.3 Å². The number of halogens is 1. The van der Waals surface area contributed by atoms with Gasteiger partial charge in [-0.25, -0.2) is 19.3 Å². The van der Waals surface area contributed by atoms with Gasteiger partial charge in [0.25, 0.3) is 0 Å². The number of carbonyl (C=O) groups is 1. The first-order valence-electron chi connectivity index (χ1n) is 9.92. The van der Waals surface area contributed by atoms with Crippen LogP contribution in [0.1, 0.15) is 31.6 Å². The Morgan fingerprint density at radius 3 is 2.76 bits per heavy atom. The van der Waals surface area contributed by atoms with E-state index in [4.69, 9.17) is 4.42 Å². The molecule has 1 aliphatic carbocycles. The number of hydrogen-bond acceptors (Lipinski definition) is 6. The highest BCUT2D eigenvalue weighted by Crippen LogP contribution is 2.27. The van der Waals surface area contributed by atoms with Crippen LogP contribution in [0.5, 0.6) is 0 Å². The Hall–Kier alpha value is -2.87. The molecular formula is C21H24FN5O2. The minimum atomic E-state index is -0.364. The van der Waals surface area contributed by atoms with Gasteiger partial charge in [-0.1, -0.05) is 12.1 Å². The molecule has 2 heterocycles. The molecule has 0 spiro atoms. The van der Waals surface area contributed by atoms with Crippen LogP contribution in [0.2, 0.25) is 0 Å². The predicted octanol–water partition coefficient (Wildman–Crippen LogP) is 3.65. The summed E-state index contributed by atoms with van der Waals surface area (Å²) in [5, 5.41) is 6.90. The maximum Gasteiger partial charge on any atom is 0.229 e. The Balaban J connectivity index is 1.43. The van der Waals surface area contributed by atoms with Crippen molar-refractivity contribution in [2.75, 3.05) is 18.5 Å². The highest BCUT2D eigenvalue weighted by atomic mass is 19.1. The third-order valence-electron chi connectivity index (χ3n) is 5.35. The SMILES string of the molecule is Cc1ncc(-c2ccc3cnc(NC(=O)C4CCC(NCCF)CC4)nc3c2)o1. The standard InChI is InChI=1S/C21H24FN5O2/c1-13-24-12-19(29-13)15-2-3-16-11-25-21(26-18(16)10-15)27-20(28)14-4-6-17(7-5-14)23-9-8-22/h2-3,10-12,14,17,23H,4-9H2,1H3,(H,25,26,27,28). The molecule has 0 saturated heterocycles. The molecule has 7 nitrogen and oxygen atoms in total. The second-order valence-electron chi connectivity index (χ2n) is 7.39. The van der Waals surface area contributed by atoms with Gasteiger partial charge in [-0.15, -0.1) is 0 Å². The van der Waals surface area contributed by atoms with E-state index in [0.717, 1.165) is 42.1 Å². The van der Waals surface area contributed by atoms with Gasteiger partial charge < -0.3 is 9.73 Å². The maximum atomic E-state index is 12.6. The number of rotatable bonds is 6. The minimum absolute atomic E-state index is 0.0599. The van der Waals surface area contributed by atoms with Gasteiger partial charge in [0.2, 0.25) is 11.9 Å². The number of anilines is 1. The smallest absolute Gasteiger partial charge is 0.229 e. The molecule has 29 heavy (non-hydrogen) atoms. The molecule has 2 N–H and O–H groups in total. The normalized spacial score (nSPS) is 19.4. The Labute approximate surface area is 168 Å². The molecule has 4 rings (SSSR count). The topological polar surface area (TPSA) is 92.9 Å². The molecule has 0 unspecified atom stereocenters. The number of nitrogens with one attached hydrogen (secondary N) is 2. The average Bonchev–Trinajstić information content (AvgIpc) is 3.18. The molecule has 2 aromatic heterocycles. The number of oxazole rings is 1. The van der Waals surface area contributed by atoms with E-state index in [9.17, 15) is 9.18 Å². The minimum Gasteiger partial charge on any atom is -0.441 e. The first-order valence-corrected chi connectivity index (χ1v) is 9.92. The van der Waals surface area contributed by atoms with Crippen molar-refractivity contribution in [3.63, 3.8) is 0 Å². The number of aryl methyl sites for hydroxylation is 1. The summed E-state index contributed by atoms with van der Waals surface area (Å²) in [4.78, 5) is 25.5. The summed E-state index contributed by atoms with van der Waals surface area (Å²) in [7, 11) is 0. The van der Waals surface area contributed by atoms with E-state index in [0.29, 0.717) is 30.2 Å². The summed E-state index contributed by atoms with van der Waals surface area (Å²) in [6.45, 7) is 1.81. The lowest BCUT2D eigenvalue weighted by Crippen LogP contribution is -2.37. The highest BCUT2D eigenvalue weighted by molar-refractivity contribution is 5.92. The molecule has 0 atom stereocenters. The molecule has 1 saturated carbocycles. The Morgan fingerprint density at radius 2 is 2.03 bits per heavy atom. The quantitative estimate of drug-likeness (QED) is 0.660. The van der Waals surface area contributed by atoms with Crippen LogP contribution in [0.25, 0.3) is 22.2 Å². The third kappa shape index (κ3) is 4.59. The molecule has 1 aliphatic rings. The number of nitrogens with zero attached hydrogens (tertiary/aromatic N) is 3. The molecular weight excluding hydrogens is 373 g/mol. The zero-order valence-corrected chi connectivity index (χ0v) is 16.3. The van der Waals surface area contributed by atoms with Crippen molar-refractivity contribution in [1.82, 2.24) is 20.3 Å². The second kappa shape index (κ2) is 8.65. The maximum absolute atomic E-state index is 12.6. The van der Waals surface area contributed by atoms with Crippen molar-refractivity contribution in [3.05, 3.63) is 36.5 Å². The summed E-state index contributed by atoms with van der Waals surface area (Å²) in [6.07, 6.45) is 6.67. The molecule has 0 aliphatic heterocycles. The number of fused-ring (bicyclic) bond motifs is 1. The zero-order chi connectivity index (χ0) is 20.2. The van der Waals surface area contributed by atoms with Gasteiger partial charge in [0, 0.05) is 42.6 Å².